The van der Waals surface area contributed by atoms with Gasteiger partial charge >= 0.3 is 6.18 Å². The lowest BCUT2D eigenvalue weighted by molar-refractivity contribution is -0.143. The third-order valence-electron chi connectivity index (χ3n) is 4.07. The van der Waals surface area contributed by atoms with Gasteiger partial charge in [-0.2, -0.15) is 13.2 Å². The molecule has 24 heavy (non-hydrogen) atoms. The summed E-state index contributed by atoms with van der Waals surface area (Å²) in [5.74, 6) is -0.403. The van der Waals surface area contributed by atoms with Crippen molar-refractivity contribution < 1.29 is 18.0 Å². The Bertz CT molecular complexity index is 508. The molecule has 2 N–H and O–H groups in total. The number of rotatable bonds is 6. The first-order valence-corrected chi connectivity index (χ1v) is 8.30. The Labute approximate surface area is 147 Å². The van der Waals surface area contributed by atoms with Crippen molar-refractivity contribution in [3.05, 3.63) is 23.8 Å². The molecule has 0 bridgehead atoms. The van der Waals surface area contributed by atoms with Gasteiger partial charge in [-0.15, -0.1) is 0 Å². The van der Waals surface area contributed by atoms with Crippen LogP contribution in [0, 0.1) is 11.3 Å². The third kappa shape index (κ3) is 6.63. The maximum absolute atomic E-state index is 13.3. The number of hydrogen-bond acceptors (Lipinski definition) is 2. The van der Waals surface area contributed by atoms with Crippen molar-refractivity contribution >= 4 is 23.2 Å². The van der Waals surface area contributed by atoms with Gasteiger partial charge in [-0.3, -0.25) is 4.79 Å². The molecular weight excluding hydrogens is 337 g/mol. The molecule has 1 unspecified atom stereocenters. The Morgan fingerprint density at radius 3 is 2.17 bits per heavy atom. The predicted molar refractivity (Wildman–Crippen MR) is 95.5 cm³/mol. The summed E-state index contributed by atoms with van der Waals surface area (Å²) < 4.78 is 40.0. The molecule has 1 amide bonds. The number of hydrogen-bond donors (Lipinski definition) is 2. The number of amides is 1. The van der Waals surface area contributed by atoms with Crippen LogP contribution in [0.4, 0.5) is 13.2 Å². The quantitative estimate of drug-likeness (QED) is 0.538. The van der Waals surface area contributed by atoms with Crippen LogP contribution < -0.4 is 10.6 Å². The van der Waals surface area contributed by atoms with Gasteiger partial charge in [0.15, 0.2) is 5.11 Å². The van der Waals surface area contributed by atoms with Crippen LogP contribution in [0.1, 0.15) is 48.0 Å². The minimum absolute atomic E-state index is 0.0114. The molecule has 0 aromatic rings. The maximum atomic E-state index is 13.3. The highest BCUT2D eigenvalue weighted by Gasteiger charge is 2.42. The first-order valence-electron chi connectivity index (χ1n) is 7.89. The zero-order valence-electron chi connectivity index (χ0n) is 15.0. The first-order chi connectivity index (χ1) is 10.9. The standard InChI is InChI=1S/C17H27F3N2OS/c1-7-9-10-12(8-2)13(17(18,19)20)21-15(24)22-14(23)16(5,6)11(3)4/h8-11,13H,7H2,1-6H3,(H2,21,22,23,24)/b10-9-,12-8+. The fourth-order valence-electron chi connectivity index (χ4n) is 1.66. The molecule has 0 aliphatic rings. The van der Waals surface area contributed by atoms with Gasteiger partial charge in [0.1, 0.15) is 6.04 Å². The van der Waals surface area contributed by atoms with E-state index < -0.39 is 23.5 Å². The normalized spacial score (nSPS) is 14.8. The average molecular weight is 364 g/mol. The molecule has 0 aromatic heterocycles. The molecular formula is C17H27F3N2OS. The van der Waals surface area contributed by atoms with Crippen LogP contribution in [0.2, 0.25) is 0 Å². The van der Waals surface area contributed by atoms with Gasteiger partial charge in [0, 0.05) is 5.41 Å². The number of nitrogens with one attached hydrogen (secondary N) is 2. The number of halogens is 3. The van der Waals surface area contributed by atoms with E-state index in [1.165, 1.54) is 19.1 Å². The molecule has 0 aliphatic carbocycles. The van der Waals surface area contributed by atoms with Gasteiger partial charge < -0.3 is 10.6 Å². The number of alkyl halides is 3. The van der Waals surface area contributed by atoms with Crippen molar-refractivity contribution in [3.8, 4) is 0 Å². The smallest absolute Gasteiger partial charge is 0.347 e. The lowest BCUT2D eigenvalue weighted by atomic mass is 9.80. The Kier molecular flexibility index (Phi) is 8.68. The van der Waals surface area contributed by atoms with E-state index in [4.69, 9.17) is 12.2 Å². The van der Waals surface area contributed by atoms with E-state index >= 15 is 0 Å². The van der Waals surface area contributed by atoms with Crippen LogP contribution in [-0.4, -0.2) is 23.2 Å². The second-order valence-electron chi connectivity index (χ2n) is 6.38. The van der Waals surface area contributed by atoms with E-state index in [1.807, 2.05) is 20.8 Å². The van der Waals surface area contributed by atoms with Crippen LogP contribution in [0.15, 0.2) is 23.8 Å². The summed E-state index contributed by atoms with van der Waals surface area (Å²) in [6.07, 6.45) is 0.501. The van der Waals surface area contributed by atoms with Crippen molar-refractivity contribution in [1.82, 2.24) is 10.6 Å². The number of allylic oxidation sites excluding steroid dienone is 2. The minimum atomic E-state index is -4.54. The molecule has 0 aromatic carbocycles. The number of thiocarbonyl (C=S) groups is 1. The van der Waals surface area contributed by atoms with E-state index in [0.717, 1.165) is 0 Å². The van der Waals surface area contributed by atoms with Crippen LogP contribution in [-0.2, 0) is 4.79 Å². The largest absolute Gasteiger partial charge is 0.412 e. The Morgan fingerprint density at radius 2 is 1.79 bits per heavy atom. The van der Waals surface area contributed by atoms with Crippen LogP contribution >= 0.6 is 12.2 Å². The third-order valence-corrected chi connectivity index (χ3v) is 4.29. The van der Waals surface area contributed by atoms with Crippen molar-refractivity contribution in [3.63, 3.8) is 0 Å². The number of carbonyl (C=O) groups is 1. The van der Waals surface area contributed by atoms with Crippen molar-refractivity contribution in [2.45, 2.75) is 60.2 Å². The fourth-order valence-corrected chi connectivity index (χ4v) is 1.87. The molecule has 0 saturated carbocycles. The topological polar surface area (TPSA) is 41.1 Å². The Morgan fingerprint density at radius 1 is 1.25 bits per heavy atom. The fraction of sp³-hybridized carbons (Fsp3) is 0.647. The minimum Gasteiger partial charge on any atom is -0.347 e. The molecule has 0 heterocycles. The van der Waals surface area contributed by atoms with E-state index in [1.54, 1.807) is 19.9 Å². The van der Waals surface area contributed by atoms with Gasteiger partial charge in [0.2, 0.25) is 5.91 Å². The highest BCUT2D eigenvalue weighted by Crippen LogP contribution is 2.27. The molecule has 0 radical (unpaired) electrons. The maximum Gasteiger partial charge on any atom is 0.412 e. The van der Waals surface area contributed by atoms with Gasteiger partial charge in [-0.25, -0.2) is 0 Å². The average Bonchev–Trinajstić information content (AvgIpc) is 2.45. The van der Waals surface area contributed by atoms with Crippen LogP contribution in [0.5, 0.6) is 0 Å². The van der Waals surface area contributed by atoms with E-state index in [-0.39, 0.29) is 16.6 Å². The van der Waals surface area contributed by atoms with Crippen molar-refractivity contribution in [1.29, 1.82) is 0 Å². The lowest BCUT2D eigenvalue weighted by Gasteiger charge is -2.29. The first kappa shape index (κ1) is 22.6. The zero-order chi connectivity index (χ0) is 19.1. The summed E-state index contributed by atoms with van der Waals surface area (Å²) in [6, 6.07) is -1.97. The summed E-state index contributed by atoms with van der Waals surface area (Å²) in [6.45, 7) is 10.5. The van der Waals surface area contributed by atoms with E-state index in [0.29, 0.717) is 6.42 Å². The van der Waals surface area contributed by atoms with Gasteiger partial charge in [-0.1, -0.05) is 52.8 Å². The molecule has 0 fully saturated rings. The summed E-state index contributed by atoms with van der Waals surface area (Å²) in [4.78, 5) is 12.2. The molecule has 1 atom stereocenters. The van der Waals surface area contributed by atoms with Crippen LogP contribution in [0.25, 0.3) is 0 Å². The van der Waals surface area contributed by atoms with Crippen molar-refractivity contribution in [2.24, 2.45) is 11.3 Å². The second kappa shape index (κ2) is 9.20. The molecule has 0 aliphatic heterocycles. The van der Waals surface area contributed by atoms with Crippen molar-refractivity contribution in [2.75, 3.05) is 0 Å². The highest BCUT2D eigenvalue weighted by atomic mass is 32.1. The molecule has 0 spiro atoms. The van der Waals surface area contributed by atoms with Crippen LogP contribution in [0.3, 0.4) is 0 Å². The molecule has 0 rings (SSSR count). The van der Waals surface area contributed by atoms with Gasteiger partial charge in [-0.05, 0) is 37.1 Å². The summed E-state index contributed by atoms with van der Waals surface area (Å²) in [5, 5.41) is 4.25. The lowest BCUT2D eigenvalue weighted by Crippen LogP contribution is -2.53. The SMILES string of the molecule is C/C=C(\C=C/CC)C(NC(=S)NC(=O)C(C)(C)C(C)C)C(F)(F)F. The Hall–Kier alpha value is -1.37. The monoisotopic (exact) mass is 364 g/mol. The van der Waals surface area contributed by atoms with E-state index in [9.17, 15) is 18.0 Å². The number of carbonyl (C=O) groups excluding carboxylic acids is 1. The van der Waals surface area contributed by atoms with Gasteiger partial charge in [0.05, 0.1) is 0 Å². The Balaban J connectivity index is 5.23. The second-order valence-corrected chi connectivity index (χ2v) is 6.79. The molecule has 0 saturated heterocycles. The van der Waals surface area contributed by atoms with Gasteiger partial charge in [0.25, 0.3) is 0 Å². The zero-order valence-corrected chi connectivity index (χ0v) is 15.9. The predicted octanol–water partition coefficient (Wildman–Crippen LogP) is 4.50. The highest BCUT2D eigenvalue weighted by molar-refractivity contribution is 7.80. The molecule has 3 nitrogen and oxygen atoms in total. The summed E-state index contributed by atoms with van der Waals surface area (Å²) >= 11 is 4.92. The van der Waals surface area contributed by atoms with E-state index in [2.05, 4.69) is 10.6 Å². The summed E-state index contributed by atoms with van der Waals surface area (Å²) in [7, 11) is 0. The summed E-state index contributed by atoms with van der Waals surface area (Å²) in [5.41, 5.74) is -0.700. The molecule has 138 valence electrons. The molecule has 7 heteroatoms.